The van der Waals surface area contributed by atoms with Crippen LogP contribution in [0.25, 0.3) is 22.0 Å². The number of anilines is 2. The zero-order chi connectivity index (χ0) is 31.2. The van der Waals surface area contributed by atoms with Crippen molar-refractivity contribution in [3.63, 3.8) is 0 Å². The van der Waals surface area contributed by atoms with E-state index in [2.05, 4.69) is 80.1 Å². The van der Waals surface area contributed by atoms with Crippen LogP contribution in [-0.2, 0) is 6.61 Å². The van der Waals surface area contributed by atoms with Crippen molar-refractivity contribution in [2.75, 3.05) is 12.4 Å². The zero-order valence-corrected chi connectivity index (χ0v) is 27.0. The van der Waals surface area contributed by atoms with Crippen molar-refractivity contribution in [2.45, 2.75) is 13.5 Å². The first-order valence-corrected chi connectivity index (χ1v) is 15.8. The van der Waals surface area contributed by atoms with Gasteiger partial charge in [0.25, 0.3) is 5.91 Å². The molecule has 0 bridgehead atoms. The number of thiazole rings is 1. The number of amides is 1. The highest BCUT2D eigenvalue weighted by molar-refractivity contribution is 9.10. The number of nitrogens with zero attached hydrogens (tertiary/aromatic N) is 2. The lowest BCUT2D eigenvalue weighted by Gasteiger charge is -2.14. The van der Waals surface area contributed by atoms with E-state index in [0.717, 1.165) is 44.0 Å². The van der Waals surface area contributed by atoms with Gasteiger partial charge in [0, 0.05) is 22.2 Å². The number of carbonyl (C=O) groups is 1. The lowest BCUT2D eigenvalue weighted by atomic mass is 10.1. The Morgan fingerprint density at radius 3 is 2.56 bits per heavy atom. The lowest BCUT2D eigenvalue weighted by molar-refractivity contribution is 0.0955. The van der Waals surface area contributed by atoms with Crippen molar-refractivity contribution in [3.05, 3.63) is 135 Å². The minimum absolute atomic E-state index is 0.320. The molecule has 1 amide bonds. The van der Waals surface area contributed by atoms with Crippen LogP contribution in [0.2, 0.25) is 0 Å². The van der Waals surface area contributed by atoms with E-state index >= 15 is 0 Å². The van der Waals surface area contributed by atoms with Gasteiger partial charge >= 0.3 is 0 Å². The minimum Gasteiger partial charge on any atom is -0.493 e. The van der Waals surface area contributed by atoms with Gasteiger partial charge in [-0.25, -0.2) is 10.4 Å². The number of hydrazone groups is 1. The summed E-state index contributed by atoms with van der Waals surface area (Å²) in [5.74, 6) is 0.816. The van der Waals surface area contributed by atoms with E-state index in [1.54, 1.807) is 25.5 Å². The molecule has 0 fully saturated rings. The largest absolute Gasteiger partial charge is 0.493 e. The topological polar surface area (TPSA) is 84.8 Å². The molecule has 6 rings (SSSR count). The SMILES string of the molecule is COc1cc(/C=N\NC(=O)c2ccc(-c3csc(Nc4ccc(C)cc4)n3)cc2)cc(Br)c1OCc1cccc2ccccc12. The summed E-state index contributed by atoms with van der Waals surface area (Å²) in [7, 11) is 1.59. The van der Waals surface area contributed by atoms with Crippen LogP contribution in [0.5, 0.6) is 11.5 Å². The molecule has 0 radical (unpaired) electrons. The Morgan fingerprint density at radius 2 is 1.76 bits per heavy atom. The number of hydrogen-bond acceptors (Lipinski definition) is 7. The van der Waals surface area contributed by atoms with Gasteiger partial charge in [-0.1, -0.05) is 72.3 Å². The molecule has 0 aliphatic rings. The summed E-state index contributed by atoms with van der Waals surface area (Å²) in [5, 5.41) is 12.6. The highest BCUT2D eigenvalue weighted by Gasteiger charge is 2.13. The molecule has 0 aliphatic heterocycles. The van der Waals surface area contributed by atoms with Crippen LogP contribution in [0.15, 0.2) is 118 Å². The Bertz CT molecular complexity index is 1980. The number of carbonyl (C=O) groups excluding carboxylic acids is 1. The number of nitrogens with one attached hydrogen (secondary N) is 2. The highest BCUT2D eigenvalue weighted by Crippen LogP contribution is 2.37. The van der Waals surface area contributed by atoms with Crippen LogP contribution >= 0.6 is 27.3 Å². The maximum Gasteiger partial charge on any atom is 0.271 e. The molecule has 0 saturated carbocycles. The van der Waals surface area contributed by atoms with E-state index in [0.29, 0.717) is 28.1 Å². The van der Waals surface area contributed by atoms with Crippen LogP contribution in [0.1, 0.15) is 27.0 Å². The minimum atomic E-state index is -0.320. The Hall–Kier alpha value is -4.99. The molecule has 0 unspecified atom stereocenters. The van der Waals surface area contributed by atoms with Gasteiger partial charge < -0.3 is 14.8 Å². The van der Waals surface area contributed by atoms with Gasteiger partial charge in [-0.15, -0.1) is 11.3 Å². The third-order valence-electron chi connectivity index (χ3n) is 7.13. The fraction of sp³-hybridized carbons (Fsp3) is 0.0833. The fourth-order valence-electron chi connectivity index (χ4n) is 4.77. The molecule has 1 heterocycles. The summed E-state index contributed by atoms with van der Waals surface area (Å²) in [5.41, 5.74) is 8.84. The zero-order valence-electron chi connectivity index (χ0n) is 24.6. The van der Waals surface area contributed by atoms with E-state index in [1.165, 1.54) is 16.9 Å². The maximum absolute atomic E-state index is 12.8. The molecular weight excluding hydrogens is 648 g/mol. The van der Waals surface area contributed by atoms with E-state index in [9.17, 15) is 4.79 Å². The molecule has 6 aromatic rings. The van der Waals surface area contributed by atoms with Gasteiger partial charge in [0.05, 0.1) is 23.5 Å². The highest BCUT2D eigenvalue weighted by atomic mass is 79.9. The number of rotatable bonds is 10. The number of benzene rings is 5. The number of hydrogen-bond donors (Lipinski definition) is 2. The second-order valence-electron chi connectivity index (χ2n) is 10.3. The Morgan fingerprint density at radius 1 is 0.978 bits per heavy atom. The summed E-state index contributed by atoms with van der Waals surface area (Å²) < 4.78 is 12.5. The normalized spacial score (nSPS) is 11.1. The van der Waals surface area contributed by atoms with Crippen molar-refractivity contribution in [1.82, 2.24) is 10.4 Å². The third kappa shape index (κ3) is 7.22. The maximum atomic E-state index is 12.8. The molecule has 0 atom stereocenters. The van der Waals surface area contributed by atoms with Crippen molar-refractivity contribution in [1.29, 1.82) is 0 Å². The van der Waals surface area contributed by atoms with Gasteiger partial charge in [0.1, 0.15) is 6.61 Å². The smallest absolute Gasteiger partial charge is 0.271 e. The molecule has 9 heteroatoms. The second-order valence-corrected chi connectivity index (χ2v) is 12.0. The summed E-state index contributed by atoms with van der Waals surface area (Å²) >= 11 is 5.13. The van der Waals surface area contributed by atoms with Gasteiger partial charge in [-0.05, 0) is 81.2 Å². The molecule has 0 spiro atoms. The van der Waals surface area contributed by atoms with Gasteiger partial charge in [-0.3, -0.25) is 4.79 Å². The average molecular weight is 678 g/mol. The molecular formula is C36H29BrN4O3S. The second kappa shape index (κ2) is 13.8. The van der Waals surface area contributed by atoms with Crippen LogP contribution in [0, 0.1) is 6.92 Å². The van der Waals surface area contributed by atoms with Gasteiger partial charge in [-0.2, -0.15) is 5.10 Å². The van der Waals surface area contributed by atoms with Crippen molar-refractivity contribution in [3.8, 4) is 22.8 Å². The first-order chi connectivity index (χ1) is 22.0. The fourth-order valence-corrected chi connectivity index (χ4v) is 6.08. The standard InChI is InChI=1S/C36H29BrN4O3S/c1-23-10-16-29(17-11-23)39-36-40-32(22-45-36)26-12-14-27(15-13-26)35(42)41-38-20-24-18-31(37)34(33(19-24)43-2)44-21-28-8-5-7-25-6-3-4-9-30(25)28/h3-20,22H,21H2,1-2H3,(H,39,40)(H,41,42)/b38-20-. The average Bonchev–Trinajstić information content (AvgIpc) is 3.53. The molecule has 45 heavy (non-hydrogen) atoms. The Kier molecular flexibility index (Phi) is 9.19. The van der Waals surface area contributed by atoms with E-state index in [1.807, 2.05) is 60.0 Å². The van der Waals surface area contributed by atoms with E-state index in [-0.39, 0.29) is 5.91 Å². The van der Waals surface area contributed by atoms with E-state index < -0.39 is 0 Å². The molecule has 1 aromatic heterocycles. The number of halogens is 1. The van der Waals surface area contributed by atoms with Gasteiger partial charge in [0.2, 0.25) is 0 Å². The summed E-state index contributed by atoms with van der Waals surface area (Å²) in [4.78, 5) is 17.5. The number of ether oxygens (including phenoxy) is 2. The molecule has 7 nitrogen and oxygen atoms in total. The van der Waals surface area contributed by atoms with Crippen LogP contribution in [-0.4, -0.2) is 24.2 Å². The van der Waals surface area contributed by atoms with Gasteiger partial charge in [0.15, 0.2) is 16.6 Å². The van der Waals surface area contributed by atoms with Crippen LogP contribution in [0.3, 0.4) is 0 Å². The quantitative estimate of drug-likeness (QED) is 0.112. The Balaban J connectivity index is 1.07. The van der Waals surface area contributed by atoms with E-state index in [4.69, 9.17) is 9.47 Å². The Labute approximate surface area is 273 Å². The summed E-state index contributed by atoms with van der Waals surface area (Å²) in [6.45, 7) is 2.44. The first kappa shape index (κ1) is 30.1. The van der Waals surface area contributed by atoms with Crippen molar-refractivity contribution >= 4 is 61.0 Å². The third-order valence-corrected chi connectivity index (χ3v) is 8.48. The van der Waals surface area contributed by atoms with Crippen LogP contribution < -0.4 is 20.2 Å². The molecule has 2 N–H and O–H groups in total. The number of fused-ring (bicyclic) bond motifs is 1. The lowest BCUT2D eigenvalue weighted by Crippen LogP contribution is -2.17. The van der Waals surface area contributed by atoms with Crippen LogP contribution in [0.4, 0.5) is 10.8 Å². The first-order valence-electron chi connectivity index (χ1n) is 14.2. The monoisotopic (exact) mass is 676 g/mol. The predicted octanol–water partition coefficient (Wildman–Crippen LogP) is 9.13. The number of aryl methyl sites for hydroxylation is 1. The van der Waals surface area contributed by atoms with Crippen molar-refractivity contribution < 1.29 is 14.3 Å². The predicted molar refractivity (Wildman–Crippen MR) is 186 cm³/mol. The number of methoxy groups -OCH3 is 1. The molecule has 5 aromatic carbocycles. The summed E-state index contributed by atoms with van der Waals surface area (Å²) in [6.07, 6.45) is 1.56. The molecule has 0 saturated heterocycles. The number of aromatic nitrogens is 1. The molecule has 0 aliphatic carbocycles. The van der Waals surface area contributed by atoms with Crippen molar-refractivity contribution in [2.24, 2.45) is 5.10 Å². The molecule has 224 valence electrons. The summed E-state index contributed by atoms with van der Waals surface area (Å²) in [6, 6.07) is 33.5.